The summed E-state index contributed by atoms with van der Waals surface area (Å²) < 4.78 is 29.8. The van der Waals surface area contributed by atoms with Crippen LogP contribution in [0.5, 0.6) is 17.2 Å². The molecule has 0 saturated heterocycles. The first kappa shape index (κ1) is 16.1. The third kappa shape index (κ3) is 3.59. The summed E-state index contributed by atoms with van der Waals surface area (Å²) in [6.07, 6.45) is 0. The van der Waals surface area contributed by atoms with E-state index in [2.05, 4.69) is 0 Å². The highest BCUT2D eigenvalue weighted by Crippen LogP contribution is 2.31. The Kier molecular flexibility index (Phi) is 4.84. The van der Waals surface area contributed by atoms with E-state index in [0.717, 1.165) is 0 Å². The second-order valence-electron chi connectivity index (χ2n) is 5.36. The number of carbonyl (C=O) groups excluding carboxylic acids is 1. The zero-order valence-electron chi connectivity index (χ0n) is 13.3. The van der Waals surface area contributed by atoms with Crippen LogP contribution in [0.4, 0.5) is 4.39 Å². The van der Waals surface area contributed by atoms with Crippen molar-refractivity contribution in [1.29, 1.82) is 0 Å². The summed E-state index contributed by atoms with van der Waals surface area (Å²) >= 11 is 0. The zero-order valence-corrected chi connectivity index (χ0v) is 13.3. The molecule has 0 spiro atoms. The average molecular weight is 331 g/mol. The second kappa shape index (κ2) is 7.21. The molecule has 24 heavy (non-hydrogen) atoms. The molecule has 2 aromatic rings. The van der Waals surface area contributed by atoms with Crippen LogP contribution in [0, 0.1) is 5.82 Å². The highest BCUT2D eigenvalue weighted by molar-refractivity contribution is 5.94. The van der Waals surface area contributed by atoms with E-state index in [-0.39, 0.29) is 18.3 Å². The van der Waals surface area contributed by atoms with Crippen LogP contribution in [0.1, 0.15) is 10.4 Å². The molecule has 0 aromatic heterocycles. The van der Waals surface area contributed by atoms with E-state index < -0.39 is 5.82 Å². The first-order chi connectivity index (χ1) is 11.6. The van der Waals surface area contributed by atoms with Crippen molar-refractivity contribution in [2.24, 2.45) is 0 Å². The lowest BCUT2D eigenvalue weighted by Crippen LogP contribution is -2.31. The van der Waals surface area contributed by atoms with E-state index in [1.165, 1.54) is 11.0 Å². The van der Waals surface area contributed by atoms with Gasteiger partial charge in [-0.15, -0.1) is 0 Å². The number of fused-ring (bicyclic) bond motifs is 1. The van der Waals surface area contributed by atoms with Crippen molar-refractivity contribution in [3.05, 3.63) is 53.8 Å². The highest BCUT2D eigenvalue weighted by Gasteiger charge is 2.17. The SMILES string of the molecule is CN(CCOc1ccccc1F)C(=O)c1ccc2c(c1)OCCO2. The van der Waals surface area contributed by atoms with Crippen LogP contribution < -0.4 is 14.2 Å². The number of likely N-dealkylation sites (N-methyl/N-ethyl adjacent to an activating group) is 1. The Morgan fingerprint density at radius 3 is 2.71 bits per heavy atom. The molecule has 6 heteroatoms. The van der Waals surface area contributed by atoms with Crippen molar-refractivity contribution in [2.75, 3.05) is 33.4 Å². The summed E-state index contributed by atoms with van der Waals surface area (Å²) in [5.74, 6) is 0.812. The first-order valence-electron chi connectivity index (χ1n) is 7.67. The maximum Gasteiger partial charge on any atom is 0.253 e. The van der Waals surface area contributed by atoms with E-state index in [4.69, 9.17) is 14.2 Å². The molecule has 0 radical (unpaired) electrons. The summed E-state index contributed by atoms with van der Waals surface area (Å²) in [7, 11) is 1.67. The normalized spacial score (nSPS) is 12.6. The first-order valence-corrected chi connectivity index (χ1v) is 7.67. The van der Waals surface area contributed by atoms with E-state index in [1.807, 2.05) is 0 Å². The number of rotatable bonds is 5. The van der Waals surface area contributed by atoms with Gasteiger partial charge in [0.15, 0.2) is 23.1 Å². The van der Waals surface area contributed by atoms with Gasteiger partial charge in [-0.05, 0) is 30.3 Å². The molecule has 5 nitrogen and oxygen atoms in total. The molecule has 1 amide bonds. The minimum atomic E-state index is -0.418. The summed E-state index contributed by atoms with van der Waals surface area (Å²) in [6, 6.07) is 11.3. The monoisotopic (exact) mass is 331 g/mol. The standard InChI is InChI=1S/C18H18FNO4/c1-20(8-9-22-15-5-3-2-4-14(15)19)18(21)13-6-7-16-17(12-13)24-11-10-23-16/h2-7,12H,8-11H2,1H3. The highest BCUT2D eigenvalue weighted by atomic mass is 19.1. The predicted octanol–water partition coefficient (Wildman–Crippen LogP) is 2.75. The number of nitrogens with zero attached hydrogens (tertiary/aromatic N) is 1. The van der Waals surface area contributed by atoms with Crippen molar-refractivity contribution in [1.82, 2.24) is 4.90 Å². The van der Waals surface area contributed by atoms with Crippen molar-refractivity contribution >= 4 is 5.91 Å². The Hall–Kier alpha value is -2.76. The predicted molar refractivity (Wildman–Crippen MR) is 86.3 cm³/mol. The Morgan fingerprint density at radius 1 is 1.17 bits per heavy atom. The summed E-state index contributed by atoms with van der Waals surface area (Å²) in [5.41, 5.74) is 0.507. The average Bonchev–Trinajstić information content (AvgIpc) is 2.62. The zero-order chi connectivity index (χ0) is 16.9. The number of ether oxygens (including phenoxy) is 3. The van der Waals surface area contributed by atoms with Gasteiger partial charge in [-0.2, -0.15) is 0 Å². The van der Waals surface area contributed by atoms with Crippen molar-refractivity contribution < 1.29 is 23.4 Å². The van der Waals surface area contributed by atoms with Gasteiger partial charge < -0.3 is 19.1 Å². The van der Waals surface area contributed by atoms with Gasteiger partial charge in [-0.3, -0.25) is 4.79 Å². The second-order valence-corrected chi connectivity index (χ2v) is 5.36. The fraction of sp³-hybridized carbons (Fsp3) is 0.278. The third-order valence-corrected chi connectivity index (χ3v) is 3.66. The lowest BCUT2D eigenvalue weighted by molar-refractivity contribution is 0.0771. The molecular weight excluding hydrogens is 313 g/mol. The fourth-order valence-corrected chi connectivity index (χ4v) is 2.35. The van der Waals surface area contributed by atoms with Gasteiger partial charge in [-0.25, -0.2) is 4.39 Å². The molecule has 0 bridgehead atoms. The molecule has 126 valence electrons. The largest absolute Gasteiger partial charge is 0.489 e. The van der Waals surface area contributed by atoms with E-state index in [9.17, 15) is 9.18 Å². The summed E-state index contributed by atoms with van der Waals surface area (Å²) in [6.45, 7) is 1.51. The molecule has 0 saturated carbocycles. The van der Waals surface area contributed by atoms with E-state index >= 15 is 0 Å². The number of benzene rings is 2. The lowest BCUT2D eigenvalue weighted by atomic mass is 10.1. The van der Waals surface area contributed by atoms with Gasteiger partial charge in [0.2, 0.25) is 0 Å². The van der Waals surface area contributed by atoms with Crippen LogP contribution in [0.2, 0.25) is 0 Å². The molecule has 0 fully saturated rings. The number of hydrogen-bond donors (Lipinski definition) is 0. The number of amides is 1. The van der Waals surface area contributed by atoms with Gasteiger partial charge in [0.05, 0.1) is 6.54 Å². The Balaban J connectivity index is 1.57. The van der Waals surface area contributed by atoms with Crippen molar-refractivity contribution in [3.63, 3.8) is 0 Å². The third-order valence-electron chi connectivity index (χ3n) is 3.66. The number of para-hydroxylation sites is 1. The topological polar surface area (TPSA) is 48.0 Å². The van der Waals surface area contributed by atoms with Gasteiger partial charge >= 0.3 is 0 Å². The van der Waals surface area contributed by atoms with E-state index in [0.29, 0.717) is 36.8 Å². The maximum atomic E-state index is 13.5. The molecule has 0 atom stereocenters. The van der Waals surface area contributed by atoms with Gasteiger partial charge in [-0.1, -0.05) is 12.1 Å². The summed E-state index contributed by atoms with van der Waals surface area (Å²) in [4.78, 5) is 14.0. The molecule has 0 N–H and O–H groups in total. The molecule has 3 rings (SSSR count). The van der Waals surface area contributed by atoms with Crippen LogP contribution in [-0.4, -0.2) is 44.2 Å². The minimum absolute atomic E-state index is 0.163. The van der Waals surface area contributed by atoms with Crippen LogP contribution in [0.3, 0.4) is 0 Å². The van der Waals surface area contributed by atoms with Crippen LogP contribution in [0.25, 0.3) is 0 Å². The fourth-order valence-electron chi connectivity index (χ4n) is 2.35. The maximum absolute atomic E-state index is 13.5. The van der Waals surface area contributed by atoms with Crippen LogP contribution in [0.15, 0.2) is 42.5 Å². The number of halogens is 1. The smallest absolute Gasteiger partial charge is 0.253 e. The minimum Gasteiger partial charge on any atom is -0.489 e. The molecule has 0 unspecified atom stereocenters. The molecule has 0 aliphatic carbocycles. The summed E-state index contributed by atoms with van der Waals surface area (Å²) in [5, 5.41) is 0. The van der Waals surface area contributed by atoms with Crippen molar-refractivity contribution in [2.45, 2.75) is 0 Å². The quantitative estimate of drug-likeness (QED) is 0.845. The molecule has 1 heterocycles. The lowest BCUT2D eigenvalue weighted by Gasteiger charge is -2.21. The molecule has 2 aromatic carbocycles. The van der Waals surface area contributed by atoms with E-state index in [1.54, 1.807) is 43.4 Å². The van der Waals surface area contributed by atoms with Gasteiger partial charge in [0.1, 0.15) is 19.8 Å². The van der Waals surface area contributed by atoms with Crippen molar-refractivity contribution in [3.8, 4) is 17.2 Å². The molecule has 1 aliphatic rings. The number of carbonyl (C=O) groups is 1. The Morgan fingerprint density at radius 2 is 1.92 bits per heavy atom. The van der Waals surface area contributed by atoms with Gasteiger partial charge in [0, 0.05) is 12.6 Å². The molecular formula is C18H18FNO4. The van der Waals surface area contributed by atoms with Crippen LogP contribution in [-0.2, 0) is 0 Å². The Labute approximate surface area is 139 Å². The van der Waals surface area contributed by atoms with Crippen LogP contribution >= 0.6 is 0 Å². The molecule has 1 aliphatic heterocycles. The number of hydrogen-bond acceptors (Lipinski definition) is 4. The Bertz CT molecular complexity index is 735. The van der Waals surface area contributed by atoms with Gasteiger partial charge in [0.25, 0.3) is 5.91 Å².